The molecule has 48 valence electrons. The summed E-state index contributed by atoms with van der Waals surface area (Å²) in [5.41, 5.74) is 1.56. The SMILES string of the molecule is c1scc2c1CCSS2. The molecule has 2 rings (SSSR count). The molecule has 1 aromatic heterocycles. The van der Waals surface area contributed by atoms with Gasteiger partial charge >= 0.3 is 0 Å². The molecule has 1 aliphatic heterocycles. The molecule has 0 fully saturated rings. The van der Waals surface area contributed by atoms with E-state index in [1.54, 1.807) is 5.56 Å². The lowest BCUT2D eigenvalue weighted by atomic mass is 10.3. The van der Waals surface area contributed by atoms with Crippen LogP contribution < -0.4 is 0 Å². The van der Waals surface area contributed by atoms with Gasteiger partial charge in [-0.2, -0.15) is 11.3 Å². The Labute approximate surface area is 66.4 Å². The van der Waals surface area contributed by atoms with Gasteiger partial charge in [0.25, 0.3) is 0 Å². The number of aryl methyl sites for hydroxylation is 1. The predicted octanol–water partition coefficient (Wildman–Crippen LogP) is 3.04. The van der Waals surface area contributed by atoms with Crippen molar-refractivity contribution >= 4 is 32.9 Å². The molecule has 0 N–H and O–H groups in total. The maximum atomic E-state index is 2.27. The van der Waals surface area contributed by atoms with Gasteiger partial charge < -0.3 is 0 Å². The number of hydrogen-bond donors (Lipinski definition) is 0. The van der Waals surface area contributed by atoms with Crippen LogP contribution in [0, 0.1) is 0 Å². The highest BCUT2D eigenvalue weighted by Crippen LogP contribution is 2.40. The molecule has 3 heteroatoms. The van der Waals surface area contributed by atoms with Crippen molar-refractivity contribution in [2.24, 2.45) is 0 Å². The van der Waals surface area contributed by atoms with Crippen molar-refractivity contribution in [1.82, 2.24) is 0 Å². The first-order valence-corrected chi connectivity index (χ1v) is 6.07. The number of hydrogen-bond acceptors (Lipinski definition) is 3. The van der Waals surface area contributed by atoms with E-state index in [4.69, 9.17) is 0 Å². The zero-order chi connectivity index (χ0) is 6.10. The molecule has 0 saturated carbocycles. The molecule has 0 aromatic carbocycles. The second-order valence-electron chi connectivity index (χ2n) is 1.92. The summed E-state index contributed by atoms with van der Waals surface area (Å²) in [6, 6.07) is 0. The zero-order valence-corrected chi connectivity index (χ0v) is 7.24. The smallest absolute Gasteiger partial charge is 0.0322 e. The maximum absolute atomic E-state index is 2.27. The van der Waals surface area contributed by atoms with E-state index in [9.17, 15) is 0 Å². The van der Waals surface area contributed by atoms with Gasteiger partial charge in [0.05, 0.1) is 0 Å². The molecule has 0 unspecified atom stereocenters. The maximum Gasteiger partial charge on any atom is 0.0322 e. The molecular formula is C6H6S3. The topological polar surface area (TPSA) is 0 Å². The Balaban J connectivity index is 2.39. The third-order valence-corrected chi connectivity index (χ3v) is 4.69. The van der Waals surface area contributed by atoms with E-state index in [0.717, 1.165) is 0 Å². The Bertz CT molecular complexity index is 183. The van der Waals surface area contributed by atoms with Crippen LogP contribution in [-0.4, -0.2) is 5.75 Å². The van der Waals surface area contributed by atoms with Crippen molar-refractivity contribution in [3.05, 3.63) is 16.3 Å². The summed E-state index contributed by atoms with van der Waals surface area (Å²) < 4.78 is 0. The molecule has 9 heavy (non-hydrogen) atoms. The van der Waals surface area contributed by atoms with Crippen LogP contribution in [0.15, 0.2) is 15.7 Å². The summed E-state index contributed by atoms with van der Waals surface area (Å²) >= 11 is 1.82. The average molecular weight is 174 g/mol. The summed E-state index contributed by atoms with van der Waals surface area (Å²) in [5, 5.41) is 4.51. The Morgan fingerprint density at radius 3 is 3.22 bits per heavy atom. The minimum absolute atomic E-state index is 1.27. The summed E-state index contributed by atoms with van der Waals surface area (Å²) in [7, 11) is 3.89. The van der Waals surface area contributed by atoms with E-state index >= 15 is 0 Å². The molecule has 0 nitrogen and oxygen atoms in total. The van der Waals surface area contributed by atoms with E-state index in [1.165, 1.54) is 17.1 Å². The van der Waals surface area contributed by atoms with E-state index in [2.05, 4.69) is 10.8 Å². The van der Waals surface area contributed by atoms with Crippen LogP contribution in [0.1, 0.15) is 5.56 Å². The highest BCUT2D eigenvalue weighted by Gasteiger charge is 2.09. The predicted molar refractivity (Wildman–Crippen MR) is 46.3 cm³/mol. The van der Waals surface area contributed by atoms with Crippen molar-refractivity contribution in [3.8, 4) is 0 Å². The van der Waals surface area contributed by atoms with Crippen LogP contribution in [0.3, 0.4) is 0 Å². The van der Waals surface area contributed by atoms with Crippen LogP contribution in [0.2, 0.25) is 0 Å². The third kappa shape index (κ3) is 1.14. The third-order valence-electron chi connectivity index (χ3n) is 1.31. The van der Waals surface area contributed by atoms with Gasteiger partial charge in [0.15, 0.2) is 0 Å². The van der Waals surface area contributed by atoms with Gasteiger partial charge in [-0.1, -0.05) is 21.6 Å². The molecule has 0 amide bonds. The first-order chi connectivity index (χ1) is 4.47. The molecule has 1 aliphatic rings. The minimum Gasteiger partial charge on any atom is -0.151 e. The number of rotatable bonds is 0. The van der Waals surface area contributed by atoms with Crippen LogP contribution >= 0.6 is 32.9 Å². The standard InChI is InChI=1S/C6H6S3/c1-2-8-9-6-4-7-3-5(1)6/h3-4H,1-2H2. The van der Waals surface area contributed by atoms with Gasteiger partial charge in [0.1, 0.15) is 0 Å². The summed E-state index contributed by atoms with van der Waals surface area (Å²) in [4.78, 5) is 1.50. The summed E-state index contributed by atoms with van der Waals surface area (Å²) in [5.74, 6) is 1.29. The van der Waals surface area contributed by atoms with Crippen LogP contribution in [0.5, 0.6) is 0 Å². The second-order valence-corrected chi connectivity index (χ2v) is 5.12. The van der Waals surface area contributed by atoms with Gasteiger partial charge in [-0.05, 0) is 17.4 Å². The van der Waals surface area contributed by atoms with Crippen LogP contribution in [-0.2, 0) is 6.42 Å². The first kappa shape index (κ1) is 6.13. The van der Waals surface area contributed by atoms with E-state index in [1.807, 2.05) is 32.9 Å². The fourth-order valence-electron chi connectivity index (χ4n) is 0.824. The van der Waals surface area contributed by atoms with Crippen molar-refractivity contribution in [3.63, 3.8) is 0 Å². The summed E-state index contributed by atoms with van der Waals surface area (Å²) in [6.45, 7) is 0. The fourth-order valence-corrected chi connectivity index (χ4v) is 4.31. The minimum atomic E-state index is 1.27. The molecule has 0 atom stereocenters. The number of fused-ring (bicyclic) bond motifs is 1. The average Bonchev–Trinajstić information content (AvgIpc) is 2.33. The molecule has 0 radical (unpaired) electrons. The number of thiophene rings is 1. The lowest BCUT2D eigenvalue weighted by molar-refractivity contribution is 1.12. The molecule has 0 aliphatic carbocycles. The Kier molecular flexibility index (Phi) is 1.75. The van der Waals surface area contributed by atoms with Gasteiger partial charge in [-0.25, -0.2) is 0 Å². The Morgan fingerprint density at radius 1 is 1.33 bits per heavy atom. The van der Waals surface area contributed by atoms with Crippen molar-refractivity contribution in [1.29, 1.82) is 0 Å². The normalized spacial score (nSPS) is 17.3. The fraction of sp³-hybridized carbons (Fsp3) is 0.333. The Morgan fingerprint density at radius 2 is 2.33 bits per heavy atom. The highest BCUT2D eigenvalue weighted by molar-refractivity contribution is 8.76. The van der Waals surface area contributed by atoms with Gasteiger partial charge in [0, 0.05) is 16.0 Å². The van der Waals surface area contributed by atoms with Crippen molar-refractivity contribution < 1.29 is 0 Å². The quantitative estimate of drug-likeness (QED) is 0.554. The second kappa shape index (κ2) is 2.56. The van der Waals surface area contributed by atoms with Crippen LogP contribution in [0.4, 0.5) is 0 Å². The first-order valence-electron chi connectivity index (χ1n) is 2.81. The molecule has 0 saturated heterocycles. The van der Waals surface area contributed by atoms with E-state index in [0.29, 0.717) is 0 Å². The Hall–Kier alpha value is 0.400. The molecule has 0 bridgehead atoms. The lowest BCUT2D eigenvalue weighted by Gasteiger charge is -2.07. The van der Waals surface area contributed by atoms with E-state index in [-0.39, 0.29) is 0 Å². The zero-order valence-electron chi connectivity index (χ0n) is 4.79. The molecular weight excluding hydrogens is 168 g/mol. The van der Waals surface area contributed by atoms with Crippen molar-refractivity contribution in [2.75, 3.05) is 5.75 Å². The molecule has 2 heterocycles. The van der Waals surface area contributed by atoms with Gasteiger partial charge in [-0.15, -0.1) is 0 Å². The van der Waals surface area contributed by atoms with Crippen LogP contribution in [0.25, 0.3) is 0 Å². The van der Waals surface area contributed by atoms with Crippen molar-refractivity contribution in [2.45, 2.75) is 11.3 Å². The molecule has 0 spiro atoms. The highest BCUT2D eigenvalue weighted by atomic mass is 33.1. The lowest BCUT2D eigenvalue weighted by Crippen LogP contribution is -1.90. The largest absolute Gasteiger partial charge is 0.151 e. The molecule has 1 aromatic rings. The summed E-state index contributed by atoms with van der Waals surface area (Å²) in [6.07, 6.45) is 1.27. The van der Waals surface area contributed by atoms with E-state index < -0.39 is 0 Å². The monoisotopic (exact) mass is 174 g/mol. The van der Waals surface area contributed by atoms with Gasteiger partial charge in [0.2, 0.25) is 0 Å². The van der Waals surface area contributed by atoms with Gasteiger partial charge in [-0.3, -0.25) is 0 Å².